The van der Waals surface area contributed by atoms with E-state index >= 15 is 0 Å². The van der Waals surface area contributed by atoms with Crippen LogP contribution in [-0.4, -0.2) is 50.1 Å². The summed E-state index contributed by atoms with van der Waals surface area (Å²) in [6.07, 6.45) is 1.66. The molecule has 0 unspecified atom stereocenters. The summed E-state index contributed by atoms with van der Waals surface area (Å²) >= 11 is 0. The van der Waals surface area contributed by atoms with E-state index in [4.69, 9.17) is 0 Å². The average Bonchev–Trinajstić information content (AvgIpc) is 2.26. The monoisotopic (exact) mass is 241 g/mol. The van der Waals surface area contributed by atoms with Gasteiger partial charge in [0.1, 0.15) is 0 Å². The number of carbonyl (C=O) groups is 1. The maximum atomic E-state index is 11.6. The van der Waals surface area contributed by atoms with Gasteiger partial charge in [-0.05, 0) is 11.8 Å². The summed E-state index contributed by atoms with van der Waals surface area (Å²) in [5, 5.41) is 6.31. The number of nitrogens with one attached hydrogen (secondary N) is 2. The van der Waals surface area contributed by atoms with Gasteiger partial charge in [0.2, 0.25) is 5.91 Å². The van der Waals surface area contributed by atoms with Crippen molar-refractivity contribution in [1.82, 2.24) is 15.5 Å². The van der Waals surface area contributed by atoms with Gasteiger partial charge in [-0.15, -0.1) is 0 Å². The second kappa shape index (κ2) is 6.97. The number of hydrogen-bond donors (Lipinski definition) is 2. The first kappa shape index (κ1) is 14.5. The highest BCUT2D eigenvalue weighted by molar-refractivity contribution is 5.76. The van der Waals surface area contributed by atoms with Crippen LogP contribution in [0.4, 0.5) is 0 Å². The van der Waals surface area contributed by atoms with Crippen molar-refractivity contribution < 1.29 is 4.79 Å². The number of hydrogen-bond acceptors (Lipinski definition) is 3. The van der Waals surface area contributed by atoms with Crippen LogP contribution >= 0.6 is 0 Å². The Hall–Kier alpha value is -0.610. The molecule has 0 atom stereocenters. The molecule has 4 heteroatoms. The minimum absolute atomic E-state index is 0.188. The molecular weight excluding hydrogens is 214 g/mol. The summed E-state index contributed by atoms with van der Waals surface area (Å²) in [5.74, 6) is 0.188. The molecule has 1 aliphatic heterocycles. The van der Waals surface area contributed by atoms with E-state index < -0.39 is 0 Å². The maximum Gasteiger partial charge on any atom is 0.221 e. The zero-order valence-electron chi connectivity index (χ0n) is 11.5. The topological polar surface area (TPSA) is 44.4 Å². The number of carbonyl (C=O) groups excluding carboxylic acids is 1. The molecule has 0 aromatic rings. The first-order valence-electron chi connectivity index (χ1n) is 6.67. The van der Waals surface area contributed by atoms with Crippen LogP contribution < -0.4 is 10.6 Å². The molecule has 1 saturated heterocycles. The molecule has 0 bridgehead atoms. The van der Waals surface area contributed by atoms with E-state index in [1.807, 2.05) is 0 Å². The molecule has 0 aromatic heterocycles. The van der Waals surface area contributed by atoms with E-state index in [-0.39, 0.29) is 5.91 Å². The van der Waals surface area contributed by atoms with Crippen molar-refractivity contribution >= 4 is 5.91 Å². The van der Waals surface area contributed by atoms with Gasteiger partial charge < -0.3 is 15.5 Å². The van der Waals surface area contributed by atoms with Gasteiger partial charge in [0.25, 0.3) is 0 Å². The predicted molar refractivity (Wildman–Crippen MR) is 71.0 cm³/mol. The molecule has 17 heavy (non-hydrogen) atoms. The van der Waals surface area contributed by atoms with Gasteiger partial charge in [-0.3, -0.25) is 4.79 Å². The van der Waals surface area contributed by atoms with Gasteiger partial charge in [0, 0.05) is 45.7 Å². The molecule has 1 amide bonds. The summed E-state index contributed by atoms with van der Waals surface area (Å²) in [6, 6.07) is 0. The summed E-state index contributed by atoms with van der Waals surface area (Å²) in [5.41, 5.74) is 0.297. The molecule has 0 radical (unpaired) electrons. The van der Waals surface area contributed by atoms with Gasteiger partial charge in [0.05, 0.1) is 0 Å². The highest BCUT2D eigenvalue weighted by Gasteiger charge is 2.12. The summed E-state index contributed by atoms with van der Waals surface area (Å²) in [4.78, 5) is 14.0. The minimum atomic E-state index is 0.188. The van der Waals surface area contributed by atoms with Crippen molar-refractivity contribution in [2.45, 2.75) is 33.6 Å². The van der Waals surface area contributed by atoms with E-state index in [0.717, 1.165) is 45.7 Å². The second-order valence-corrected chi connectivity index (χ2v) is 6.00. The van der Waals surface area contributed by atoms with Gasteiger partial charge >= 0.3 is 0 Å². The van der Waals surface area contributed by atoms with Gasteiger partial charge in [0.15, 0.2) is 0 Å². The van der Waals surface area contributed by atoms with Gasteiger partial charge in [-0.1, -0.05) is 20.8 Å². The quantitative estimate of drug-likeness (QED) is 0.749. The fraction of sp³-hybridized carbons (Fsp3) is 0.923. The van der Waals surface area contributed by atoms with Gasteiger partial charge in [-0.2, -0.15) is 0 Å². The molecule has 0 aliphatic carbocycles. The number of rotatable bonds is 5. The van der Waals surface area contributed by atoms with Gasteiger partial charge in [-0.25, -0.2) is 0 Å². The van der Waals surface area contributed by atoms with Crippen LogP contribution in [0.15, 0.2) is 0 Å². The number of piperazine rings is 1. The lowest BCUT2D eigenvalue weighted by atomic mass is 9.92. The van der Waals surface area contributed by atoms with E-state index in [1.165, 1.54) is 0 Å². The van der Waals surface area contributed by atoms with Crippen LogP contribution in [0.3, 0.4) is 0 Å². The SMILES string of the molecule is CC(C)(C)CCNC(=O)CCN1CCNCC1. The summed E-state index contributed by atoms with van der Waals surface area (Å²) in [6.45, 7) is 12.5. The molecule has 1 aliphatic rings. The average molecular weight is 241 g/mol. The fourth-order valence-electron chi connectivity index (χ4n) is 1.86. The molecule has 0 saturated carbocycles. The van der Waals surface area contributed by atoms with Crippen LogP contribution in [0.2, 0.25) is 0 Å². The molecule has 1 heterocycles. The van der Waals surface area contributed by atoms with Crippen molar-refractivity contribution in [2.75, 3.05) is 39.3 Å². The molecule has 0 aromatic carbocycles. The Bertz CT molecular complexity index is 229. The number of nitrogens with zero attached hydrogens (tertiary/aromatic N) is 1. The fourth-order valence-corrected chi connectivity index (χ4v) is 1.86. The lowest BCUT2D eigenvalue weighted by Crippen LogP contribution is -2.44. The van der Waals surface area contributed by atoms with Crippen LogP contribution in [-0.2, 0) is 4.79 Å². The third kappa shape index (κ3) is 7.34. The highest BCUT2D eigenvalue weighted by atomic mass is 16.1. The summed E-state index contributed by atoms with van der Waals surface area (Å²) < 4.78 is 0. The molecular formula is C13H27N3O. The normalized spacial score (nSPS) is 18.1. The molecule has 1 fully saturated rings. The van der Waals surface area contributed by atoms with Crippen LogP contribution in [0, 0.1) is 5.41 Å². The van der Waals surface area contributed by atoms with E-state index in [9.17, 15) is 4.79 Å². The zero-order chi connectivity index (χ0) is 12.7. The molecule has 0 spiro atoms. The second-order valence-electron chi connectivity index (χ2n) is 6.00. The first-order valence-corrected chi connectivity index (χ1v) is 6.67. The van der Waals surface area contributed by atoms with Crippen molar-refractivity contribution in [3.63, 3.8) is 0 Å². The third-order valence-corrected chi connectivity index (χ3v) is 3.06. The van der Waals surface area contributed by atoms with Crippen LogP contribution in [0.25, 0.3) is 0 Å². The Balaban J connectivity index is 2.04. The third-order valence-electron chi connectivity index (χ3n) is 3.06. The van der Waals surface area contributed by atoms with Crippen LogP contribution in [0.1, 0.15) is 33.6 Å². The Morgan fingerprint density at radius 3 is 2.53 bits per heavy atom. The molecule has 100 valence electrons. The zero-order valence-corrected chi connectivity index (χ0v) is 11.5. The van der Waals surface area contributed by atoms with Crippen molar-refractivity contribution in [3.05, 3.63) is 0 Å². The Kier molecular flexibility index (Phi) is 5.92. The first-order chi connectivity index (χ1) is 7.97. The molecule has 4 nitrogen and oxygen atoms in total. The van der Waals surface area contributed by atoms with E-state index in [2.05, 4.69) is 36.3 Å². The maximum absolute atomic E-state index is 11.6. The van der Waals surface area contributed by atoms with Crippen molar-refractivity contribution in [2.24, 2.45) is 5.41 Å². The smallest absolute Gasteiger partial charge is 0.221 e. The standard InChI is InChI=1S/C13H27N3O/c1-13(2,3)5-6-15-12(17)4-9-16-10-7-14-8-11-16/h14H,4-11H2,1-3H3,(H,15,17). The molecule has 1 rings (SSSR count). The molecule has 2 N–H and O–H groups in total. The minimum Gasteiger partial charge on any atom is -0.356 e. The Morgan fingerprint density at radius 2 is 1.94 bits per heavy atom. The predicted octanol–water partition coefficient (Wildman–Crippen LogP) is 0.834. The number of amides is 1. The lowest BCUT2D eigenvalue weighted by Gasteiger charge is -2.26. The Labute approximate surface area is 105 Å². The van der Waals surface area contributed by atoms with E-state index in [1.54, 1.807) is 0 Å². The van der Waals surface area contributed by atoms with Crippen LogP contribution in [0.5, 0.6) is 0 Å². The lowest BCUT2D eigenvalue weighted by molar-refractivity contribution is -0.121. The summed E-state index contributed by atoms with van der Waals surface area (Å²) in [7, 11) is 0. The van der Waals surface area contributed by atoms with Crippen molar-refractivity contribution in [3.8, 4) is 0 Å². The van der Waals surface area contributed by atoms with E-state index in [0.29, 0.717) is 11.8 Å². The highest BCUT2D eigenvalue weighted by Crippen LogP contribution is 2.16. The largest absolute Gasteiger partial charge is 0.356 e. The van der Waals surface area contributed by atoms with Crippen molar-refractivity contribution in [1.29, 1.82) is 0 Å². The Morgan fingerprint density at radius 1 is 1.29 bits per heavy atom.